The first-order valence-corrected chi connectivity index (χ1v) is 10.00. The van der Waals surface area contributed by atoms with Crippen LogP contribution in [0.4, 0.5) is 0 Å². The van der Waals surface area contributed by atoms with Crippen molar-refractivity contribution in [3.05, 3.63) is 70.7 Å². The van der Waals surface area contributed by atoms with Crippen molar-refractivity contribution in [1.82, 2.24) is 9.47 Å². The van der Waals surface area contributed by atoms with Crippen LogP contribution in [-0.4, -0.2) is 48.3 Å². The number of ether oxygens (including phenoxy) is 3. The number of nitrogens with zero attached hydrogens (tertiary/aromatic N) is 2. The second-order valence-corrected chi connectivity index (χ2v) is 7.27. The highest BCUT2D eigenvalue weighted by atomic mass is 16.5. The van der Waals surface area contributed by atoms with E-state index in [1.165, 1.54) is 10.6 Å². The summed E-state index contributed by atoms with van der Waals surface area (Å²) in [5.74, 6) is 1.01. The number of pyridine rings is 1. The molecule has 7 nitrogen and oxygen atoms in total. The van der Waals surface area contributed by atoms with Gasteiger partial charge in [0.15, 0.2) is 11.5 Å². The van der Waals surface area contributed by atoms with Gasteiger partial charge in [0, 0.05) is 44.6 Å². The number of rotatable bonds is 9. The van der Waals surface area contributed by atoms with Crippen LogP contribution in [0.15, 0.2) is 54.0 Å². The molecule has 1 aromatic carbocycles. The Hall–Kier alpha value is -3.06. The van der Waals surface area contributed by atoms with Gasteiger partial charge in [0.1, 0.15) is 6.61 Å². The molecular weight excluding hydrogens is 384 g/mol. The van der Waals surface area contributed by atoms with Gasteiger partial charge in [-0.1, -0.05) is 18.7 Å². The summed E-state index contributed by atoms with van der Waals surface area (Å²) in [5, 5.41) is 0. The molecule has 30 heavy (non-hydrogen) atoms. The number of aromatic nitrogens is 1. The number of methoxy groups -OCH3 is 1. The molecule has 7 heteroatoms. The molecule has 0 saturated carbocycles. The molecule has 0 unspecified atom stereocenters. The molecule has 3 rings (SSSR count). The van der Waals surface area contributed by atoms with Crippen LogP contribution in [0.25, 0.3) is 0 Å². The fourth-order valence-electron chi connectivity index (χ4n) is 3.42. The molecular formula is C23H28N2O5. The molecule has 1 fully saturated rings. The molecule has 1 amide bonds. The van der Waals surface area contributed by atoms with Gasteiger partial charge in [-0.2, -0.15) is 0 Å². The third kappa shape index (κ3) is 5.30. The number of carbonyl (C=O) groups excluding carboxylic acids is 1. The lowest BCUT2D eigenvalue weighted by atomic mass is 10.1. The van der Waals surface area contributed by atoms with Gasteiger partial charge >= 0.3 is 0 Å². The van der Waals surface area contributed by atoms with Crippen LogP contribution in [0, 0.1) is 0 Å². The molecule has 1 saturated heterocycles. The summed E-state index contributed by atoms with van der Waals surface area (Å²) >= 11 is 0. The zero-order valence-electron chi connectivity index (χ0n) is 17.5. The van der Waals surface area contributed by atoms with E-state index in [1.54, 1.807) is 37.4 Å². The van der Waals surface area contributed by atoms with Crippen molar-refractivity contribution < 1.29 is 19.0 Å². The maximum atomic E-state index is 13.2. The van der Waals surface area contributed by atoms with E-state index < -0.39 is 0 Å². The summed E-state index contributed by atoms with van der Waals surface area (Å²) in [4.78, 5) is 27.0. The van der Waals surface area contributed by atoms with E-state index in [4.69, 9.17) is 14.2 Å². The molecule has 0 spiro atoms. The Bertz CT molecular complexity index is 947. The first-order chi connectivity index (χ1) is 14.5. The summed E-state index contributed by atoms with van der Waals surface area (Å²) in [6.45, 7) is 5.57. The minimum absolute atomic E-state index is 0.00223. The van der Waals surface area contributed by atoms with E-state index in [-0.39, 0.29) is 17.6 Å². The van der Waals surface area contributed by atoms with E-state index >= 15 is 0 Å². The highest BCUT2D eigenvalue weighted by molar-refractivity contribution is 5.94. The van der Waals surface area contributed by atoms with Crippen LogP contribution >= 0.6 is 0 Å². The maximum absolute atomic E-state index is 13.2. The van der Waals surface area contributed by atoms with Crippen molar-refractivity contribution in [3.63, 3.8) is 0 Å². The van der Waals surface area contributed by atoms with E-state index in [9.17, 15) is 9.59 Å². The first kappa shape index (κ1) is 21.6. The number of carbonyl (C=O) groups is 1. The fraction of sp³-hybridized carbons (Fsp3) is 0.391. The predicted octanol–water partition coefficient (Wildman–Crippen LogP) is 2.78. The number of aryl methyl sites for hydroxylation is 1. The van der Waals surface area contributed by atoms with E-state index in [1.807, 2.05) is 18.2 Å². The molecule has 1 aromatic heterocycles. The third-order valence-corrected chi connectivity index (χ3v) is 5.04. The molecule has 0 bridgehead atoms. The molecule has 0 aliphatic carbocycles. The Morgan fingerprint density at radius 1 is 1.33 bits per heavy atom. The molecule has 160 valence electrons. The Labute approximate surface area is 176 Å². The van der Waals surface area contributed by atoms with Gasteiger partial charge in [-0.05, 0) is 36.6 Å². The molecule has 1 atom stereocenters. The van der Waals surface area contributed by atoms with Gasteiger partial charge in [-0.15, -0.1) is 0 Å². The summed E-state index contributed by atoms with van der Waals surface area (Å²) in [6.07, 6.45) is 5.17. The predicted molar refractivity (Wildman–Crippen MR) is 114 cm³/mol. The maximum Gasteiger partial charge on any atom is 0.254 e. The molecule has 0 radical (unpaired) electrons. The second-order valence-electron chi connectivity index (χ2n) is 7.27. The van der Waals surface area contributed by atoms with Crippen molar-refractivity contribution in [2.45, 2.75) is 25.5 Å². The van der Waals surface area contributed by atoms with Crippen LogP contribution in [-0.2, 0) is 18.3 Å². The molecule has 1 aliphatic heterocycles. The Morgan fingerprint density at radius 3 is 2.83 bits per heavy atom. The van der Waals surface area contributed by atoms with Gasteiger partial charge in [0.25, 0.3) is 11.5 Å². The zero-order valence-corrected chi connectivity index (χ0v) is 17.5. The van der Waals surface area contributed by atoms with Crippen LogP contribution < -0.4 is 15.0 Å². The van der Waals surface area contributed by atoms with Crippen molar-refractivity contribution in [1.29, 1.82) is 0 Å². The van der Waals surface area contributed by atoms with Gasteiger partial charge < -0.3 is 23.7 Å². The largest absolute Gasteiger partial charge is 0.493 e. The minimum atomic E-state index is -0.219. The molecule has 1 aliphatic rings. The summed E-state index contributed by atoms with van der Waals surface area (Å²) in [5.41, 5.74) is 1.05. The monoisotopic (exact) mass is 412 g/mol. The fourth-order valence-corrected chi connectivity index (χ4v) is 3.42. The summed E-state index contributed by atoms with van der Waals surface area (Å²) < 4.78 is 18.2. The zero-order chi connectivity index (χ0) is 21.5. The average Bonchev–Trinajstić information content (AvgIpc) is 3.26. The van der Waals surface area contributed by atoms with Crippen LogP contribution in [0.3, 0.4) is 0 Å². The first-order valence-electron chi connectivity index (χ1n) is 10.00. The summed E-state index contributed by atoms with van der Waals surface area (Å²) in [7, 11) is 3.23. The average molecular weight is 412 g/mol. The standard InChI is InChI=1S/C23H28N2O5/c1-4-11-30-20-8-7-17(13-21(20)28-3)15-25(16-19-6-5-12-29-19)23(27)18-9-10-24(2)22(26)14-18/h4,7-10,13-14,19H,1,5-6,11-12,15-16H2,2-3H3/t19-/m1/s1. The number of amides is 1. The number of hydrogen-bond acceptors (Lipinski definition) is 5. The van der Waals surface area contributed by atoms with Gasteiger partial charge in [-0.25, -0.2) is 0 Å². The third-order valence-electron chi connectivity index (χ3n) is 5.04. The SMILES string of the molecule is C=CCOc1ccc(CN(C[C@H]2CCCO2)C(=O)c2ccn(C)c(=O)c2)cc1OC. The minimum Gasteiger partial charge on any atom is -0.493 e. The molecule has 2 heterocycles. The Morgan fingerprint density at radius 2 is 2.17 bits per heavy atom. The van der Waals surface area contributed by atoms with Gasteiger partial charge in [-0.3, -0.25) is 9.59 Å². The quantitative estimate of drug-likeness (QED) is 0.593. The molecule has 0 N–H and O–H groups in total. The van der Waals surface area contributed by atoms with E-state index in [0.29, 0.717) is 43.4 Å². The van der Waals surface area contributed by atoms with E-state index in [2.05, 4.69) is 6.58 Å². The van der Waals surface area contributed by atoms with Crippen LogP contribution in [0.5, 0.6) is 11.5 Å². The number of hydrogen-bond donors (Lipinski definition) is 0. The van der Waals surface area contributed by atoms with Crippen LogP contribution in [0.1, 0.15) is 28.8 Å². The normalized spacial score (nSPS) is 15.6. The lowest BCUT2D eigenvalue weighted by Gasteiger charge is -2.26. The molecule has 2 aromatic rings. The van der Waals surface area contributed by atoms with Gasteiger partial charge in [0.2, 0.25) is 0 Å². The Kier molecular flexibility index (Phi) is 7.30. The van der Waals surface area contributed by atoms with Crippen molar-refractivity contribution in [2.75, 3.05) is 26.9 Å². The topological polar surface area (TPSA) is 70.0 Å². The van der Waals surface area contributed by atoms with Crippen LogP contribution in [0.2, 0.25) is 0 Å². The summed E-state index contributed by atoms with van der Waals surface area (Å²) in [6, 6.07) is 8.63. The second kappa shape index (κ2) is 10.1. The Balaban J connectivity index is 1.84. The number of benzene rings is 1. The van der Waals surface area contributed by atoms with Crippen molar-refractivity contribution >= 4 is 5.91 Å². The highest BCUT2D eigenvalue weighted by Crippen LogP contribution is 2.29. The highest BCUT2D eigenvalue weighted by Gasteiger charge is 2.24. The lowest BCUT2D eigenvalue weighted by Crippen LogP contribution is -2.37. The lowest BCUT2D eigenvalue weighted by molar-refractivity contribution is 0.0507. The van der Waals surface area contributed by atoms with E-state index in [0.717, 1.165) is 18.4 Å². The van der Waals surface area contributed by atoms with Gasteiger partial charge in [0.05, 0.1) is 13.2 Å². The van der Waals surface area contributed by atoms with Crippen molar-refractivity contribution in [3.8, 4) is 11.5 Å². The smallest absolute Gasteiger partial charge is 0.254 e. The van der Waals surface area contributed by atoms with Crippen molar-refractivity contribution in [2.24, 2.45) is 7.05 Å².